The summed E-state index contributed by atoms with van der Waals surface area (Å²) in [6.45, 7) is 0.803. The predicted octanol–water partition coefficient (Wildman–Crippen LogP) is 4.57. The lowest BCUT2D eigenvalue weighted by Gasteiger charge is -2.23. The number of amides is 1. The van der Waals surface area contributed by atoms with Gasteiger partial charge in [-0.25, -0.2) is 0 Å². The number of halogens is 3. The van der Waals surface area contributed by atoms with Crippen LogP contribution in [0.25, 0.3) is 10.9 Å². The van der Waals surface area contributed by atoms with Crippen molar-refractivity contribution in [3.63, 3.8) is 0 Å². The van der Waals surface area contributed by atoms with Crippen LogP contribution >= 0.6 is 0 Å². The highest BCUT2D eigenvalue weighted by molar-refractivity contribution is 5.97. The van der Waals surface area contributed by atoms with Gasteiger partial charge in [0.2, 0.25) is 5.91 Å². The number of rotatable bonds is 6. The summed E-state index contributed by atoms with van der Waals surface area (Å²) in [4.78, 5) is 18.4. The first-order chi connectivity index (χ1) is 17.6. The Morgan fingerprint density at radius 1 is 1.19 bits per heavy atom. The van der Waals surface area contributed by atoms with E-state index in [-0.39, 0.29) is 12.2 Å². The number of nitrogens with zero attached hydrogens (tertiary/aromatic N) is 3. The Labute approximate surface area is 213 Å². The van der Waals surface area contributed by atoms with Gasteiger partial charge < -0.3 is 25.3 Å². The summed E-state index contributed by atoms with van der Waals surface area (Å²) in [7, 11) is 3.51. The Kier molecular flexibility index (Phi) is 7.74. The van der Waals surface area contributed by atoms with E-state index in [9.17, 15) is 18.0 Å². The van der Waals surface area contributed by atoms with Crippen molar-refractivity contribution in [3.8, 4) is 17.6 Å². The van der Waals surface area contributed by atoms with E-state index < -0.39 is 18.6 Å². The monoisotopic (exact) mass is 511 g/mol. The van der Waals surface area contributed by atoms with E-state index in [1.165, 1.54) is 17.7 Å². The molecule has 194 valence electrons. The molecule has 1 amide bonds. The summed E-state index contributed by atoms with van der Waals surface area (Å²) in [5, 5.41) is 3.70. The average Bonchev–Trinajstić information content (AvgIpc) is 3.19. The first-order valence-corrected chi connectivity index (χ1v) is 11.8. The Morgan fingerprint density at radius 3 is 2.62 bits per heavy atom. The number of anilines is 1. The second-order valence-electron chi connectivity index (χ2n) is 8.86. The summed E-state index contributed by atoms with van der Waals surface area (Å²) < 4.78 is 46.8. The number of alkyl halides is 3. The molecule has 0 bridgehead atoms. The number of nitrogens with two attached hydrogens (primary N) is 1. The lowest BCUT2D eigenvalue weighted by molar-refractivity contribution is -0.140. The third-order valence-electron chi connectivity index (χ3n) is 6.17. The van der Waals surface area contributed by atoms with Crippen molar-refractivity contribution in [2.45, 2.75) is 25.6 Å². The lowest BCUT2D eigenvalue weighted by atomic mass is 10.1. The van der Waals surface area contributed by atoms with Gasteiger partial charge in [0.1, 0.15) is 12.3 Å². The van der Waals surface area contributed by atoms with Gasteiger partial charge >= 0.3 is 6.18 Å². The molecule has 0 unspecified atom stereocenters. The van der Waals surface area contributed by atoms with Gasteiger partial charge in [-0.1, -0.05) is 12.0 Å². The first kappa shape index (κ1) is 26.1. The van der Waals surface area contributed by atoms with Crippen molar-refractivity contribution >= 4 is 33.9 Å². The third kappa shape index (κ3) is 6.43. The zero-order chi connectivity index (χ0) is 26.6. The third-order valence-corrected chi connectivity index (χ3v) is 6.17. The van der Waals surface area contributed by atoms with Crippen LogP contribution in [0.2, 0.25) is 0 Å². The zero-order valence-corrected chi connectivity index (χ0v) is 20.7. The van der Waals surface area contributed by atoms with Crippen LogP contribution < -0.4 is 15.8 Å². The number of aliphatic imine (C=N–C) groups is 1. The fourth-order valence-electron chi connectivity index (χ4n) is 4.24. The fraction of sp³-hybridized carbons (Fsp3) is 0.333. The van der Waals surface area contributed by atoms with E-state index in [0.717, 1.165) is 31.6 Å². The minimum Gasteiger partial charge on any atom is -0.495 e. The lowest BCUT2D eigenvalue weighted by Crippen LogP contribution is -2.30. The Balaban J connectivity index is 1.63. The minimum atomic E-state index is -4.41. The van der Waals surface area contributed by atoms with Crippen LogP contribution in [-0.4, -0.2) is 61.1 Å². The highest BCUT2D eigenvalue weighted by Crippen LogP contribution is 2.32. The number of primary amides is 1. The number of hydrogen-bond acceptors (Lipinski definition) is 5. The van der Waals surface area contributed by atoms with Gasteiger partial charge in [0, 0.05) is 29.8 Å². The van der Waals surface area contributed by atoms with Crippen molar-refractivity contribution in [3.05, 3.63) is 53.7 Å². The smallest absolute Gasteiger partial charge is 0.406 e. The Hall–Kier alpha value is -3.97. The number of nitrogens with one attached hydrogen (secondary N) is 1. The molecule has 1 aliphatic rings. The van der Waals surface area contributed by atoms with E-state index in [4.69, 9.17) is 15.5 Å². The van der Waals surface area contributed by atoms with Gasteiger partial charge in [-0.2, -0.15) is 13.2 Å². The summed E-state index contributed by atoms with van der Waals surface area (Å²) >= 11 is 0. The molecule has 2 aromatic carbocycles. The predicted molar refractivity (Wildman–Crippen MR) is 139 cm³/mol. The quantitative estimate of drug-likeness (QED) is 0.475. The SMILES string of the molecule is COc1cc(C(N)=O)ccc1NCC#Cc1cc2c(N=C3CCN(C)CC3)cccc2n1CC(F)(F)F. The summed E-state index contributed by atoms with van der Waals surface area (Å²) in [6, 6.07) is 11.6. The number of fused-ring (bicyclic) bond motifs is 1. The Morgan fingerprint density at radius 2 is 1.95 bits per heavy atom. The highest BCUT2D eigenvalue weighted by Gasteiger charge is 2.30. The number of benzene rings is 2. The summed E-state index contributed by atoms with van der Waals surface area (Å²) in [6.07, 6.45) is -2.75. The normalized spacial score (nSPS) is 14.2. The maximum absolute atomic E-state index is 13.5. The Bertz CT molecular complexity index is 1390. The van der Waals surface area contributed by atoms with E-state index >= 15 is 0 Å². The maximum Gasteiger partial charge on any atom is 0.406 e. The number of aromatic nitrogens is 1. The number of carbonyl (C=O) groups is 1. The highest BCUT2D eigenvalue weighted by atomic mass is 19.4. The van der Waals surface area contributed by atoms with Crippen molar-refractivity contribution in [2.75, 3.05) is 39.1 Å². The zero-order valence-electron chi connectivity index (χ0n) is 20.7. The molecule has 1 saturated heterocycles. The fourth-order valence-corrected chi connectivity index (χ4v) is 4.24. The van der Waals surface area contributed by atoms with Gasteiger partial charge in [0.15, 0.2) is 0 Å². The number of ether oxygens (including phenoxy) is 1. The molecule has 1 aliphatic heterocycles. The first-order valence-electron chi connectivity index (χ1n) is 11.8. The second-order valence-corrected chi connectivity index (χ2v) is 8.86. The van der Waals surface area contributed by atoms with E-state index in [1.54, 1.807) is 30.3 Å². The molecule has 3 N–H and O–H groups in total. The van der Waals surface area contributed by atoms with Crippen molar-refractivity contribution in [2.24, 2.45) is 10.7 Å². The molecular formula is C27H28F3N5O2. The standard InChI is InChI=1S/C27H28F3N5O2/c1-34-13-10-19(11-14-34)33-22-6-3-7-24-21(22)16-20(35(24)17-27(28,29)30)5-4-12-32-23-9-8-18(26(31)36)15-25(23)37-2/h3,6-9,15-16,32H,10-14,17H2,1-2H3,(H2,31,36). The van der Waals surface area contributed by atoms with Crippen LogP contribution in [0.5, 0.6) is 5.75 Å². The van der Waals surface area contributed by atoms with Crippen LogP contribution in [0.1, 0.15) is 28.9 Å². The van der Waals surface area contributed by atoms with Gasteiger partial charge in [-0.05, 0) is 62.2 Å². The maximum atomic E-state index is 13.5. The molecule has 3 aromatic rings. The number of carbonyl (C=O) groups excluding carboxylic acids is 1. The van der Waals surface area contributed by atoms with E-state index in [2.05, 4.69) is 29.1 Å². The van der Waals surface area contributed by atoms with Gasteiger partial charge in [-0.15, -0.1) is 0 Å². The number of piperidine rings is 1. The van der Waals surface area contributed by atoms with Crippen LogP contribution in [-0.2, 0) is 6.54 Å². The van der Waals surface area contributed by atoms with Crippen LogP contribution in [0.15, 0.2) is 47.5 Å². The molecule has 0 aliphatic carbocycles. The van der Waals surface area contributed by atoms with Crippen molar-refractivity contribution in [1.29, 1.82) is 0 Å². The summed E-state index contributed by atoms with van der Waals surface area (Å²) in [5.74, 6) is 5.60. The molecule has 10 heteroatoms. The van der Waals surface area contributed by atoms with Crippen LogP contribution in [0.3, 0.4) is 0 Å². The topological polar surface area (TPSA) is 84.9 Å². The molecule has 1 aromatic heterocycles. The van der Waals surface area contributed by atoms with E-state index in [0.29, 0.717) is 33.6 Å². The average molecular weight is 512 g/mol. The van der Waals surface area contributed by atoms with Crippen molar-refractivity contribution in [1.82, 2.24) is 9.47 Å². The molecule has 2 heterocycles. The van der Waals surface area contributed by atoms with Gasteiger partial charge in [-0.3, -0.25) is 9.79 Å². The van der Waals surface area contributed by atoms with Gasteiger partial charge in [0.05, 0.1) is 36.2 Å². The van der Waals surface area contributed by atoms with Gasteiger partial charge in [0.25, 0.3) is 0 Å². The molecular weight excluding hydrogens is 483 g/mol. The minimum absolute atomic E-state index is 0.141. The molecule has 0 spiro atoms. The summed E-state index contributed by atoms with van der Waals surface area (Å²) in [5.41, 5.74) is 8.56. The molecule has 1 fully saturated rings. The number of likely N-dealkylation sites (tertiary alicyclic amines) is 1. The largest absolute Gasteiger partial charge is 0.495 e. The van der Waals surface area contributed by atoms with Crippen LogP contribution in [0, 0.1) is 11.8 Å². The molecule has 7 nitrogen and oxygen atoms in total. The molecule has 37 heavy (non-hydrogen) atoms. The van der Waals surface area contributed by atoms with E-state index in [1.807, 2.05) is 6.07 Å². The molecule has 0 saturated carbocycles. The molecule has 0 radical (unpaired) electrons. The number of hydrogen-bond donors (Lipinski definition) is 2. The second kappa shape index (κ2) is 11.0. The molecule has 0 atom stereocenters. The number of methoxy groups -OCH3 is 1. The molecule has 4 rings (SSSR count). The van der Waals surface area contributed by atoms with Crippen molar-refractivity contribution < 1.29 is 22.7 Å². The van der Waals surface area contributed by atoms with Crippen LogP contribution in [0.4, 0.5) is 24.5 Å².